The Balaban J connectivity index is 2.25. The molecule has 0 radical (unpaired) electrons. The van der Waals surface area contributed by atoms with Crippen LogP contribution < -0.4 is 9.62 Å². The number of carbonyl (C=O) groups is 2. The van der Waals surface area contributed by atoms with Crippen LogP contribution in [0, 0.1) is 5.92 Å². The highest BCUT2D eigenvalue weighted by atomic mass is 35.5. The molecule has 0 aromatic heterocycles. The minimum atomic E-state index is -4.12. The molecule has 0 aliphatic heterocycles. The molecule has 2 aromatic carbocycles. The standard InChI is InChI=1S/C22H22Cl2N2O4S/c1-3-9-17(22(28)26(4-2)19-13-8-12-18(23)20(19)24)21(27)25-31(29,30)15-14-16-10-6-5-7-11-16/h3,5-8,10-15,17H,1,4,9H2,2H3,(H,25,27)/b15-14+. The van der Waals surface area contributed by atoms with Gasteiger partial charge in [0.15, 0.2) is 0 Å². The predicted octanol–water partition coefficient (Wildman–Crippen LogP) is 4.66. The minimum Gasteiger partial charge on any atom is -0.310 e. The van der Waals surface area contributed by atoms with Crippen molar-refractivity contribution in [3.05, 3.63) is 82.2 Å². The van der Waals surface area contributed by atoms with E-state index >= 15 is 0 Å². The average Bonchev–Trinajstić information content (AvgIpc) is 2.74. The Kier molecular flexibility index (Phi) is 8.86. The third-order valence-electron chi connectivity index (χ3n) is 4.30. The second kappa shape index (κ2) is 11.1. The average molecular weight is 481 g/mol. The van der Waals surface area contributed by atoms with Crippen molar-refractivity contribution < 1.29 is 18.0 Å². The molecule has 6 nitrogen and oxygen atoms in total. The Hall–Kier alpha value is -2.61. The molecule has 0 saturated heterocycles. The summed E-state index contributed by atoms with van der Waals surface area (Å²) in [6, 6.07) is 13.5. The van der Waals surface area contributed by atoms with E-state index in [1.807, 2.05) is 4.72 Å². The number of halogens is 2. The zero-order valence-electron chi connectivity index (χ0n) is 16.8. The SMILES string of the molecule is C=CCC(C(=O)NS(=O)(=O)/C=C/c1ccccc1)C(=O)N(CC)c1cccc(Cl)c1Cl. The lowest BCUT2D eigenvalue weighted by molar-refractivity contribution is -0.132. The van der Waals surface area contributed by atoms with Gasteiger partial charge in [-0.1, -0.05) is 65.7 Å². The van der Waals surface area contributed by atoms with E-state index in [0.29, 0.717) is 11.3 Å². The summed E-state index contributed by atoms with van der Waals surface area (Å²) < 4.78 is 26.6. The van der Waals surface area contributed by atoms with Gasteiger partial charge in [-0.05, 0) is 37.1 Å². The first-order chi connectivity index (χ1) is 14.7. The molecule has 1 N–H and O–H groups in total. The number of hydrogen-bond acceptors (Lipinski definition) is 4. The normalized spacial score (nSPS) is 12.4. The van der Waals surface area contributed by atoms with Crippen molar-refractivity contribution in [2.75, 3.05) is 11.4 Å². The summed E-state index contributed by atoms with van der Waals surface area (Å²) in [5, 5.41) is 1.29. The van der Waals surface area contributed by atoms with E-state index in [9.17, 15) is 18.0 Å². The molecule has 2 rings (SSSR count). The number of nitrogens with one attached hydrogen (secondary N) is 1. The van der Waals surface area contributed by atoms with Crippen LogP contribution in [0.1, 0.15) is 18.9 Å². The molecular formula is C22H22Cl2N2O4S. The minimum absolute atomic E-state index is 0.0583. The lowest BCUT2D eigenvalue weighted by atomic mass is 10.0. The number of amides is 2. The molecule has 0 heterocycles. The molecule has 1 atom stereocenters. The Morgan fingerprint density at radius 1 is 1.13 bits per heavy atom. The molecule has 0 aliphatic carbocycles. The number of benzene rings is 2. The molecular weight excluding hydrogens is 459 g/mol. The van der Waals surface area contributed by atoms with E-state index < -0.39 is 27.8 Å². The third-order valence-corrected chi connectivity index (χ3v) is 6.09. The van der Waals surface area contributed by atoms with Crippen molar-refractivity contribution >= 4 is 56.8 Å². The second-order valence-electron chi connectivity index (χ2n) is 6.46. The van der Waals surface area contributed by atoms with Crippen molar-refractivity contribution in [1.82, 2.24) is 4.72 Å². The van der Waals surface area contributed by atoms with Gasteiger partial charge in [0.05, 0.1) is 21.1 Å². The Morgan fingerprint density at radius 3 is 2.42 bits per heavy atom. The highest BCUT2D eigenvalue weighted by molar-refractivity contribution is 7.93. The molecule has 0 fully saturated rings. The molecule has 1 unspecified atom stereocenters. The zero-order chi connectivity index (χ0) is 23.0. The van der Waals surface area contributed by atoms with Crippen LogP contribution in [-0.2, 0) is 19.6 Å². The van der Waals surface area contributed by atoms with Crippen molar-refractivity contribution in [2.45, 2.75) is 13.3 Å². The number of anilines is 1. The van der Waals surface area contributed by atoms with Gasteiger partial charge in [-0.15, -0.1) is 6.58 Å². The predicted molar refractivity (Wildman–Crippen MR) is 125 cm³/mol. The van der Waals surface area contributed by atoms with Gasteiger partial charge in [-0.25, -0.2) is 13.1 Å². The molecule has 0 saturated carbocycles. The number of hydrogen-bond donors (Lipinski definition) is 1. The largest absolute Gasteiger partial charge is 0.310 e. The topological polar surface area (TPSA) is 83.5 Å². The van der Waals surface area contributed by atoms with Crippen molar-refractivity contribution in [1.29, 1.82) is 0 Å². The van der Waals surface area contributed by atoms with Crippen LogP contribution >= 0.6 is 23.2 Å². The molecule has 31 heavy (non-hydrogen) atoms. The number of allylic oxidation sites excluding steroid dienone is 1. The number of rotatable bonds is 9. The third kappa shape index (κ3) is 6.69. The lowest BCUT2D eigenvalue weighted by Crippen LogP contribution is -2.45. The van der Waals surface area contributed by atoms with Gasteiger partial charge < -0.3 is 4.90 Å². The van der Waals surface area contributed by atoms with Gasteiger partial charge in [0.25, 0.3) is 10.0 Å². The highest BCUT2D eigenvalue weighted by Crippen LogP contribution is 2.33. The van der Waals surface area contributed by atoms with Gasteiger partial charge in [0.2, 0.25) is 11.8 Å². The fraction of sp³-hybridized carbons (Fsp3) is 0.182. The van der Waals surface area contributed by atoms with Crippen LogP contribution in [0.3, 0.4) is 0 Å². The maximum Gasteiger partial charge on any atom is 0.257 e. The molecule has 0 aliphatic rings. The molecule has 2 amide bonds. The van der Waals surface area contributed by atoms with Crippen molar-refractivity contribution in [3.63, 3.8) is 0 Å². The monoisotopic (exact) mass is 480 g/mol. The van der Waals surface area contributed by atoms with E-state index in [1.54, 1.807) is 55.5 Å². The second-order valence-corrected chi connectivity index (χ2v) is 8.81. The zero-order valence-corrected chi connectivity index (χ0v) is 19.1. The van der Waals surface area contributed by atoms with E-state index in [0.717, 1.165) is 5.41 Å². The highest BCUT2D eigenvalue weighted by Gasteiger charge is 2.32. The smallest absolute Gasteiger partial charge is 0.257 e. The van der Waals surface area contributed by atoms with Gasteiger partial charge in [0, 0.05) is 6.54 Å². The Labute approximate surface area is 192 Å². The summed E-state index contributed by atoms with van der Waals surface area (Å²) >= 11 is 12.3. The van der Waals surface area contributed by atoms with E-state index in [4.69, 9.17) is 23.2 Å². The number of sulfonamides is 1. The van der Waals surface area contributed by atoms with Crippen LogP contribution in [0.15, 0.2) is 66.6 Å². The van der Waals surface area contributed by atoms with Crippen LogP contribution in [0.2, 0.25) is 10.0 Å². The van der Waals surface area contributed by atoms with E-state index in [1.165, 1.54) is 17.1 Å². The summed E-state index contributed by atoms with van der Waals surface area (Å²) in [6.07, 6.45) is 2.67. The summed E-state index contributed by atoms with van der Waals surface area (Å²) in [4.78, 5) is 27.2. The molecule has 164 valence electrons. The summed E-state index contributed by atoms with van der Waals surface area (Å²) in [7, 11) is -4.12. The van der Waals surface area contributed by atoms with Crippen LogP contribution in [0.25, 0.3) is 6.08 Å². The quantitative estimate of drug-likeness (QED) is 0.417. The van der Waals surface area contributed by atoms with Gasteiger partial charge in [-0.3, -0.25) is 9.59 Å². The fourth-order valence-corrected chi connectivity index (χ4v) is 4.02. The number of nitrogens with zero attached hydrogens (tertiary/aromatic N) is 1. The van der Waals surface area contributed by atoms with E-state index in [-0.39, 0.29) is 23.0 Å². The molecule has 2 aromatic rings. The molecule has 0 bridgehead atoms. The first-order valence-corrected chi connectivity index (χ1v) is 11.7. The summed E-state index contributed by atoms with van der Waals surface area (Å²) in [6.45, 7) is 5.47. The Bertz CT molecular complexity index is 1090. The van der Waals surface area contributed by atoms with Crippen LogP contribution in [-0.4, -0.2) is 26.8 Å². The van der Waals surface area contributed by atoms with Crippen LogP contribution in [0.4, 0.5) is 5.69 Å². The van der Waals surface area contributed by atoms with Gasteiger partial charge in [-0.2, -0.15) is 0 Å². The van der Waals surface area contributed by atoms with Crippen molar-refractivity contribution in [2.24, 2.45) is 5.92 Å². The lowest BCUT2D eigenvalue weighted by Gasteiger charge is -2.26. The van der Waals surface area contributed by atoms with Gasteiger partial charge >= 0.3 is 0 Å². The van der Waals surface area contributed by atoms with Crippen LogP contribution in [0.5, 0.6) is 0 Å². The summed E-state index contributed by atoms with van der Waals surface area (Å²) in [5.74, 6) is -2.89. The fourth-order valence-electron chi connectivity index (χ4n) is 2.80. The van der Waals surface area contributed by atoms with Crippen molar-refractivity contribution in [3.8, 4) is 0 Å². The molecule has 0 spiro atoms. The van der Waals surface area contributed by atoms with Gasteiger partial charge in [0.1, 0.15) is 5.92 Å². The maximum atomic E-state index is 13.1. The number of carbonyl (C=O) groups excluding carboxylic acids is 2. The molecule has 9 heteroatoms. The summed E-state index contributed by atoms with van der Waals surface area (Å²) in [5.41, 5.74) is 0.974. The maximum absolute atomic E-state index is 13.1. The first kappa shape index (κ1) is 24.7. The van der Waals surface area contributed by atoms with E-state index in [2.05, 4.69) is 6.58 Å². The Morgan fingerprint density at radius 2 is 1.81 bits per heavy atom. The first-order valence-electron chi connectivity index (χ1n) is 9.36.